The van der Waals surface area contributed by atoms with Gasteiger partial charge in [0.1, 0.15) is 12.3 Å². The monoisotopic (exact) mass is 324 g/mol. The van der Waals surface area contributed by atoms with Crippen molar-refractivity contribution in [2.45, 2.75) is 44.1 Å². The van der Waals surface area contributed by atoms with Crippen LogP contribution < -0.4 is 5.32 Å². The normalized spacial score (nSPS) is 28.5. The third-order valence-electron chi connectivity index (χ3n) is 4.33. The Morgan fingerprint density at radius 3 is 2.70 bits per heavy atom. The van der Waals surface area contributed by atoms with E-state index in [1.165, 1.54) is 12.5 Å². The van der Waals surface area contributed by atoms with Crippen molar-refractivity contribution in [1.29, 1.82) is 0 Å². The van der Waals surface area contributed by atoms with Crippen molar-refractivity contribution in [3.63, 3.8) is 0 Å². The molecule has 0 saturated carbocycles. The molecule has 0 aromatic heterocycles. The minimum absolute atomic E-state index is 0.290. The molecule has 0 unspecified atom stereocenters. The van der Waals surface area contributed by atoms with Crippen LogP contribution in [0.5, 0.6) is 0 Å². The van der Waals surface area contributed by atoms with Crippen LogP contribution in [0.4, 0.5) is 4.39 Å². The molecule has 3 N–H and O–H groups in total. The summed E-state index contributed by atoms with van der Waals surface area (Å²) in [6.45, 7) is 1.94. The van der Waals surface area contributed by atoms with Gasteiger partial charge in [-0.2, -0.15) is 0 Å². The minimum atomic E-state index is -1.57. The van der Waals surface area contributed by atoms with Gasteiger partial charge < -0.3 is 15.5 Å². The zero-order chi connectivity index (χ0) is 16.8. The molecule has 1 aliphatic rings. The molecule has 1 aromatic rings. The second-order valence-corrected chi connectivity index (χ2v) is 6.08. The molecule has 4 atom stereocenters. The van der Waals surface area contributed by atoms with Crippen LogP contribution in [-0.4, -0.2) is 65.1 Å². The van der Waals surface area contributed by atoms with Crippen LogP contribution in [-0.2, 0) is 11.2 Å². The summed E-state index contributed by atoms with van der Waals surface area (Å²) in [5.41, 5.74) is 1.22. The lowest BCUT2D eigenvalue weighted by Crippen LogP contribution is -2.65. The van der Waals surface area contributed by atoms with E-state index in [1.807, 2.05) is 35.2 Å². The maximum Gasteiger partial charge on any atom is 0.217 e. The van der Waals surface area contributed by atoms with E-state index in [4.69, 9.17) is 0 Å². The van der Waals surface area contributed by atoms with E-state index in [-0.39, 0.29) is 19.1 Å². The number of carbonyl (C=O) groups is 1. The lowest BCUT2D eigenvalue weighted by atomic mass is 9.93. The first-order chi connectivity index (χ1) is 11.0. The number of amides is 1. The Morgan fingerprint density at radius 1 is 1.39 bits per heavy atom. The lowest BCUT2D eigenvalue weighted by Gasteiger charge is -2.44. The Bertz CT molecular complexity index is 500. The van der Waals surface area contributed by atoms with Gasteiger partial charge in [0.2, 0.25) is 5.91 Å². The summed E-state index contributed by atoms with van der Waals surface area (Å²) in [7, 11) is 0. The average Bonchev–Trinajstić information content (AvgIpc) is 2.53. The number of likely N-dealkylation sites (tertiary alicyclic amines) is 1. The fourth-order valence-electron chi connectivity index (χ4n) is 3.15. The Hall–Kier alpha value is -1.50. The molecule has 1 heterocycles. The number of aliphatic hydroxyl groups excluding tert-OH is 2. The number of hydrogen-bond acceptors (Lipinski definition) is 4. The molecule has 2 rings (SSSR count). The van der Waals surface area contributed by atoms with Crippen molar-refractivity contribution in [1.82, 2.24) is 10.2 Å². The first-order valence-electron chi connectivity index (χ1n) is 8.01. The van der Waals surface area contributed by atoms with Gasteiger partial charge in [-0.15, -0.1) is 0 Å². The summed E-state index contributed by atoms with van der Waals surface area (Å²) in [6, 6.07) is 8.64. The van der Waals surface area contributed by atoms with E-state index in [0.29, 0.717) is 6.54 Å². The summed E-state index contributed by atoms with van der Waals surface area (Å²) in [5.74, 6) is -0.323. The second kappa shape index (κ2) is 8.38. The topological polar surface area (TPSA) is 72.8 Å². The molecule has 0 spiro atoms. The van der Waals surface area contributed by atoms with Crippen LogP contribution in [0.2, 0.25) is 0 Å². The number of alkyl halides is 1. The standard InChI is InChI=1S/C17H25FN2O3/c1-12(22)19-14-10-20(15(11-21)17(23)16(14)18)9-5-8-13-6-3-2-4-7-13/h2-4,6-7,14-17,21,23H,5,8-11H2,1H3,(H,19,22)/t14-,15+,16-,17+/m0/s1. The van der Waals surface area contributed by atoms with Gasteiger partial charge in [-0.25, -0.2) is 4.39 Å². The van der Waals surface area contributed by atoms with Gasteiger partial charge in [-0.05, 0) is 24.9 Å². The third kappa shape index (κ3) is 4.73. The number of piperidine rings is 1. The molecule has 0 bridgehead atoms. The molecular weight excluding hydrogens is 299 g/mol. The second-order valence-electron chi connectivity index (χ2n) is 6.08. The molecule has 5 nitrogen and oxygen atoms in total. The first kappa shape index (κ1) is 17.8. The lowest BCUT2D eigenvalue weighted by molar-refractivity contribution is -0.123. The highest BCUT2D eigenvalue weighted by Crippen LogP contribution is 2.22. The molecule has 128 valence electrons. The Kier molecular flexibility index (Phi) is 6.50. The van der Waals surface area contributed by atoms with Crippen molar-refractivity contribution in [3.8, 4) is 0 Å². The van der Waals surface area contributed by atoms with Crippen molar-refractivity contribution >= 4 is 5.91 Å². The molecule has 6 heteroatoms. The average molecular weight is 324 g/mol. The molecule has 1 aromatic carbocycles. The highest BCUT2D eigenvalue weighted by Gasteiger charge is 2.42. The summed E-state index contributed by atoms with van der Waals surface area (Å²) < 4.78 is 14.2. The molecule has 1 fully saturated rings. The van der Waals surface area contributed by atoms with Gasteiger partial charge in [-0.1, -0.05) is 30.3 Å². The minimum Gasteiger partial charge on any atom is -0.395 e. The summed E-state index contributed by atoms with van der Waals surface area (Å²) in [6.07, 6.45) is -1.17. The summed E-state index contributed by atoms with van der Waals surface area (Å²) in [4.78, 5) is 13.1. The highest BCUT2D eigenvalue weighted by atomic mass is 19.1. The van der Waals surface area contributed by atoms with E-state index in [1.54, 1.807) is 0 Å². The zero-order valence-electron chi connectivity index (χ0n) is 13.4. The van der Waals surface area contributed by atoms with E-state index in [2.05, 4.69) is 5.32 Å². The number of aryl methyl sites for hydroxylation is 1. The van der Waals surface area contributed by atoms with Gasteiger partial charge >= 0.3 is 0 Å². The molecule has 23 heavy (non-hydrogen) atoms. The number of nitrogens with one attached hydrogen (secondary N) is 1. The van der Waals surface area contributed by atoms with Gasteiger partial charge in [0.15, 0.2) is 0 Å². The molecule has 1 saturated heterocycles. The first-order valence-corrected chi connectivity index (χ1v) is 8.01. The maximum atomic E-state index is 14.2. The Morgan fingerprint density at radius 2 is 2.09 bits per heavy atom. The highest BCUT2D eigenvalue weighted by molar-refractivity contribution is 5.73. The SMILES string of the molecule is CC(=O)N[C@H]1CN(CCCc2ccccc2)[C@H](CO)[C@@H](O)[C@H]1F. The van der Waals surface area contributed by atoms with Gasteiger partial charge in [0, 0.05) is 13.5 Å². The summed E-state index contributed by atoms with van der Waals surface area (Å²) >= 11 is 0. The van der Waals surface area contributed by atoms with Gasteiger partial charge in [0.05, 0.1) is 18.7 Å². The number of aliphatic hydroxyl groups is 2. The number of carbonyl (C=O) groups excluding carboxylic acids is 1. The third-order valence-corrected chi connectivity index (χ3v) is 4.33. The van der Waals surface area contributed by atoms with E-state index in [9.17, 15) is 19.4 Å². The van der Waals surface area contributed by atoms with E-state index in [0.717, 1.165) is 12.8 Å². The van der Waals surface area contributed by atoms with Crippen LogP contribution in [0, 0.1) is 0 Å². The predicted molar refractivity (Wildman–Crippen MR) is 85.7 cm³/mol. The molecule has 0 radical (unpaired) electrons. The van der Waals surface area contributed by atoms with Crippen molar-refractivity contribution in [2.24, 2.45) is 0 Å². The number of hydrogen-bond donors (Lipinski definition) is 3. The van der Waals surface area contributed by atoms with E-state index >= 15 is 0 Å². The van der Waals surface area contributed by atoms with Crippen molar-refractivity contribution < 1.29 is 19.4 Å². The zero-order valence-corrected chi connectivity index (χ0v) is 13.4. The Labute approximate surface area is 136 Å². The van der Waals surface area contributed by atoms with Crippen LogP contribution in [0.1, 0.15) is 18.9 Å². The largest absolute Gasteiger partial charge is 0.395 e. The number of benzene rings is 1. The number of rotatable bonds is 6. The quantitative estimate of drug-likeness (QED) is 0.712. The molecule has 0 aliphatic carbocycles. The van der Waals surface area contributed by atoms with Crippen LogP contribution >= 0.6 is 0 Å². The Balaban J connectivity index is 1.95. The summed E-state index contributed by atoms with van der Waals surface area (Å²) in [5, 5.41) is 22.1. The predicted octanol–water partition coefficient (Wildman–Crippen LogP) is 0.499. The van der Waals surface area contributed by atoms with Gasteiger partial charge in [-0.3, -0.25) is 9.69 Å². The van der Waals surface area contributed by atoms with Crippen molar-refractivity contribution in [2.75, 3.05) is 19.7 Å². The fourth-order valence-corrected chi connectivity index (χ4v) is 3.15. The number of nitrogens with zero attached hydrogens (tertiary/aromatic N) is 1. The molecular formula is C17H25FN2O3. The van der Waals surface area contributed by atoms with Gasteiger partial charge in [0.25, 0.3) is 0 Å². The molecule has 1 aliphatic heterocycles. The number of halogens is 1. The smallest absolute Gasteiger partial charge is 0.217 e. The fraction of sp³-hybridized carbons (Fsp3) is 0.588. The molecule has 1 amide bonds. The van der Waals surface area contributed by atoms with Crippen LogP contribution in [0.15, 0.2) is 30.3 Å². The maximum absolute atomic E-state index is 14.2. The van der Waals surface area contributed by atoms with Crippen molar-refractivity contribution in [3.05, 3.63) is 35.9 Å². The van der Waals surface area contributed by atoms with Crippen LogP contribution in [0.25, 0.3) is 0 Å². The van der Waals surface area contributed by atoms with E-state index < -0.39 is 24.4 Å². The van der Waals surface area contributed by atoms with Crippen LogP contribution in [0.3, 0.4) is 0 Å².